The highest BCUT2D eigenvalue weighted by molar-refractivity contribution is 5.70. The van der Waals surface area contributed by atoms with E-state index in [9.17, 15) is 9.18 Å². The molecular weight excluding hydrogens is 211 g/mol. The standard InChI is InChI=1S/C11H11FN2O2/c1-16-11(15)5-10(14)7-2-3-8(6-13)9(12)4-7/h2-4,10H,5,14H2,1H3/t10-/m1/s1. The first-order valence-electron chi connectivity index (χ1n) is 4.60. The summed E-state index contributed by atoms with van der Waals surface area (Å²) in [5.74, 6) is -1.10. The molecule has 1 rings (SSSR count). The third-order valence-corrected chi connectivity index (χ3v) is 2.16. The van der Waals surface area contributed by atoms with E-state index in [1.165, 1.54) is 19.2 Å². The van der Waals surface area contributed by atoms with Crippen molar-refractivity contribution in [2.24, 2.45) is 5.73 Å². The highest BCUT2D eigenvalue weighted by Gasteiger charge is 2.13. The summed E-state index contributed by atoms with van der Waals surface area (Å²) in [5.41, 5.74) is 6.09. The van der Waals surface area contributed by atoms with E-state index in [0.29, 0.717) is 5.56 Å². The predicted molar refractivity (Wildman–Crippen MR) is 54.7 cm³/mol. The second-order valence-corrected chi connectivity index (χ2v) is 3.24. The molecule has 1 aromatic rings. The van der Waals surface area contributed by atoms with E-state index in [-0.39, 0.29) is 12.0 Å². The molecule has 16 heavy (non-hydrogen) atoms. The molecule has 1 atom stereocenters. The zero-order chi connectivity index (χ0) is 12.1. The number of hydrogen-bond donors (Lipinski definition) is 1. The maximum atomic E-state index is 13.2. The minimum Gasteiger partial charge on any atom is -0.469 e. The Bertz CT molecular complexity index is 440. The zero-order valence-electron chi connectivity index (χ0n) is 8.74. The largest absolute Gasteiger partial charge is 0.469 e. The van der Waals surface area contributed by atoms with Crippen molar-refractivity contribution in [2.75, 3.05) is 7.11 Å². The quantitative estimate of drug-likeness (QED) is 0.781. The Balaban J connectivity index is 2.85. The van der Waals surface area contributed by atoms with Crippen molar-refractivity contribution in [3.8, 4) is 6.07 Å². The Morgan fingerprint density at radius 2 is 2.38 bits per heavy atom. The molecule has 0 aromatic heterocycles. The van der Waals surface area contributed by atoms with Crippen molar-refractivity contribution in [2.45, 2.75) is 12.5 Å². The van der Waals surface area contributed by atoms with Crippen LogP contribution in [0.1, 0.15) is 23.6 Å². The third-order valence-electron chi connectivity index (χ3n) is 2.16. The second-order valence-electron chi connectivity index (χ2n) is 3.24. The highest BCUT2D eigenvalue weighted by atomic mass is 19.1. The molecule has 2 N–H and O–H groups in total. The van der Waals surface area contributed by atoms with Crippen LogP contribution in [0.3, 0.4) is 0 Å². The number of halogens is 1. The molecule has 5 heteroatoms. The number of nitrogens with two attached hydrogens (primary N) is 1. The van der Waals surface area contributed by atoms with Gasteiger partial charge in [-0.15, -0.1) is 0 Å². The first-order chi connectivity index (χ1) is 7.58. The first-order valence-corrected chi connectivity index (χ1v) is 4.60. The topological polar surface area (TPSA) is 76.1 Å². The van der Waals surface area contributed by atoms with E-state index >= 15 is 0 Å². The molecule has 0 fully saturated rings. The smallest absolute Gasteiger partial charge is 0.307 e. The number of esters is 1. The summed E-state index contributed by atoms with van der Waals surface area (Å²) < 4.78 is 17.7. The van der Waals surface area contributed by atoms with Crippen LogP contribution in [0.2, 0.25) is 0 Å². The summed E-state index contributed by atoms with van der Waals surface area (Å²) in [6.07, 6.45) is -0.0260. The summed E-state index contributed by atoms with van der Waals surface area (Å²) in [5, 5.41) is 8.54. The van der Waals surface area contributed by atoms with Crippen LogP contribution in [0.5, 0.6) is 0 Å². The minimum absolute atomic E-state index is 0.0260. The highest BCUT2D eigenvalue weighted by Crippen LogP contribution is 2.17. The van der Waals surface area contributed by atoms with Gasteiger partial charge in [-0.3, -0.25) is 4.79 Å². The van der Waals surface area contributed by atoms with Crippen molar-refractivity contribution in [1.29, 1.82) is 5.26 Å². The van der Waals surface area contributed by atoms with E-state index in [2.05, 4.69) is 4.74 Å². The summed E-state index contributed by atoms with van der Waals surface area (Å²) in [4.78, 5) is 11.0. The van der Waals surface area contributed by atoms with Crippen molar-refractivity contribution in [3.63, 3.8) is 0 Å². The first kappa shape index (κ1) is 12.1. The van der Waals surface area contributed by atoms with Gasteiger partial charge in [0.2, 0.25) is 0 Å². The van der Waals surface area contributed by atoms with E-state index < -0.39 is 17.8 Å². The third kappa shape index (κ3) is 2.78. The van der Waals surface area contributed by atoms with E-state index in [1.54, 1.807) is 6.07 Å². The van der Waals surface area contributed by atoms with E-state index in [1.807, 2.05) is 0 Å². The molecule has 0 saturated heterocycles. The lowest BCUT2D eigenvalue weighted by atomic mass is 10.0. The Kier molecular flexibility index (Phi) is 3.97. The molecule has 0 unspecified atom stereocenters. The molecule has 1 aromatic carbocycles. The molecule has 0 radical (unpaired) electrons. The summed E-state index contributed by atoms with van der Waals surface area (Å²) >= 11 is 0. The average molecular weight is 222 g/mol. The fourth-order valence-corrected chi connectivity index (χ4v) is 1.23. The lowest BCUT2D eigenvalue weighted by Crippen LogP contribution is -2.16. The number of methoxy groups -OCH3 is 1. The number of nitriles is 1. The van der Waals surface area contributed by atoms with Crippen LogP contribution in [0.15, 0.2) is 18.2 Å². The molecule has 0 aliphatic heterocycles. The van der Waals surface area contributed by atoms with Crippen LogP contribution in [-0.2, 0) is 9.53 Å². The van der Waals surface area contributed by atoms with Gasteiger partial charge < -0.3 is 10.5 Å². The normalized spacial score (nSPS) is 11.6. The van der Waals surface area contributed by atoms with Gasteiger partial charge in [-0.2, -0.15) is 5.26 Å². The number of rotatable bonds is 3. The average Bonchev–Trinajstić information content (AvgIpc) is 2.28. The van der Waals surface area contributed by atoms with Crippen molar-refractivity contribution >= 4 is 5.97 Å². The summed E-state index contributed by atoms with van der Waals surface area (Å²) in [6.45, 7) is 0. The Labute approximate surface area is 92.4 Å². The number of carbonyl (C=O) groups is 1. The molecule has 84 valence electrons. The molecule has 0 saturated carbocycles. The van der Waals surface area contributed by atoms with Crippen LogP contribution in [0, 0.1) is 17.1 Å². The molecule has 0 spiro atoms. The van der Waals surface area contributed by atoms with Crippen LogP contribution in [0.25, 0.3) is 0 Å². The van der Waals surface area contributed by atoms with E-state index in [4.69, 9.17) is 11.0 Å². The van der Waals surface area contributed by atoms with Gasteiger partial charge in [0.25, 0.3) is 0 Å². The maximum absolute atomic E-state index is 13.2. The maximum Gasteiger partial charge on any atom is 0.307 e. The molecule has 0 amide bonds. The van der Waals surface area contributed by atoms with Gasteiger partial charge in [-0.1, -0.05) is 6.07 Å². The van der Waals surface area contributed by atoms with Crippen LogP contribution in [-0.4, -0.2) is 13.1 Å². The van der Waals surface area contributed by atoms with E-state index in [0.717, 1.165) is 6.07 Å². The zero-order valence-corrected chi connectivity index (χ0v) is 8.74. The van der Waals surface area contributed by atoms with Crippen LogP contribution < -0.4 is 5.73 Å². The monoisotopic (exact) mass is 222 g/mol. The van der Waals surface area contributed by atoms with Crippen molar-refractivity contribution in [1.82, 2.24) is 0 Å². The fourth-order valence-electron chi connectivity index (χ4n) is 1.23. The number of benzene rings is 1. The minimum atomic E-state index is -0.639. The van der Waals surface area contributed by atoms with Gasteiger partial charge >= 0.3 is 5.97 Å². The Morgan fingerprint density at radius 3 is 2.88 bits per heavy atom. The number of hydrogen-bond acceptors (Lipinski definition) is 4. The van der Waals surface area contributed by atoms with Gasteiger partial charge in [-0.05, 0) is 17.7 Å². The Hall–Kier alpha value is -1.93. The lowest BCUT2D eigenvalue weighted by Gasteiger charge is -2.10. The molecule has 0 aliphatic rings. The van der Waals surface area contributed by atoms with Gasteiger partial charge in [0.05, 0.1) is 19.1 Å². The molecule has 0 aliphatic carbocycles. The Morgan fingerprint density at radius 1 is 1.69 bits per heavy atom. The second kappa shape index (κ2) is 5.24. The van der Waals surface area contributed by atoms with Gasteiger partial charge in [0.1, 0.15) is 11.9 Å². The number of ether oxygens (including phenoxy) is 1. The summed E-state index contributed by atoms with van der Waals surface area (Å²) in [7, 11) is 1.26. The SMILES string of the molecule is COC(=O)C[C@@H](N)c1ccc(C#N)c(F)c1. The van der Waals surface area contributed by atoms with Crippen LogP contribution >= 0.6 is 0 Å². The van der Waals surface area contributed by atoms with Gasteiger partial charge in [0, 0.05) is 6.04 Å². The molecular formula is C11H11FN2O2. The number of carbonyl (C=O) groups excluding carboxylic acids is 1. The number of nitrogens with zero attached hydrogens (tertiary/aromatic N) is 1. The molecule has 0 heterocycles. The molecule has 4 nitrogen and oxygen atoms in total. The van der Waals surface area contributed by atoms with Crippen molar-refractivity contribution in [3.05, 3.63) is 35.1 Å². The van der Waals surface area contributed by atoms with Crippen LogP contribution in [0.4, 0.5) is 4.39 Å². The lowest BCUT2D eigenvalue weighted by molar-refractivity contribution is -0.141. The van der Waals surface area contributed by atoms with Crippen molar-refractivity contribution < 1.29 is 13.9 Å². The van der Waals surface area contributed by atoms with Gasteiger partial charge in [0.15, 0.2) is 0 Å². The summed E-state index contributed by atoms with van der Waals surface area (Å²) in [6, 6.07) is 5.09. The molecule has 0 bridgehead atoms. The van der Waals surface area contributed by atoms with Gasteiger partial charge in [-0.25, -0.2) is 4.39 Å². The predicted octanol–water partition coefficient (Wildman–Crippen LogP) is 1.26. The fraction of sp³-hybridized carbons (Fsp3) is 0.273.